The molecule has 24 heavy (non-hydrogen) atoms. The van der Waals surface area contributed by atoms with E-state index in [0.717, 1.165) is 21.9 Å². The quantitative estimate of drug-likeness (QED) is 0.644. The fourth-order valence-electron chi connectivity index (χ4n) is 2.71. The van der Waals surface area contributed by atoms with Crippen LogP contribution < -0.4 is 5.32 Å². The van der Waals surface area contributed by atoms with Gasteiger partial charge in [0, 0.05) is 17.0 Å². The van der Waals surface area contributed by atoms with Crippen molar-refractivity contribution in [3.63, 3.8) is 0 Å². The summed E-state index contributed by atoms with van der Waals surface area (Å²) in [7, 11) is 0. The van der Waals surface area contributed by atoms with E-state index in [0.29, 0.717) is 19.8 Å². The number of nitrogens with one attached hydrogen (secondary N) is 1. The van der Waals surface area contributed by atoms with Crippen LogP contribution in [0.25, 0.3) is 21.3 Å². The number of aromatic nitrogens is 2. The van der Waals surface area contributed by atoms with Crippen LogP contribution in [0.1, 0.15) is 10.7 Å². The Hall–Kier alpha value is -2.02. The van der Waals surface area contributed by atoms with Gasteiger partial charge in [0.25, 0.3) is 0 Å². The first-order valence-corrected chi connectivity index (χ1v) is 8.78. The number of aryl methyl sites for hydroxylation is 2. The van der Waals surface area contributed by atoms with Crippen molar-refractivity contribution in [1.82, 2.24) is 9.97 Å². The van der Waals surface area contributed by atoms with Gasteiger partial charge in [-0.25, -0.2) is 9.97 Å². The van der Waals surface area contributed by atoms with Gasteiger partial charge >= 0.3 is 0 Å². The number of fused-ring (bicyclic) bond motifs is 1. The molecule has 0 saturated heterocycles. The van der Waals surface area contributed by atoms with Crippen molar-refractivity contribution in [2.75, 3.05) is 31.7 Å². The highest BCUT2D eigenvalue weighted by molar-refractivity contribution is 7.19. The van der Waals surface area contributed by atoms with Crippen LogP contribution in [0.3, 0.4) is 0 Å². The monoisotopic (exact) mass is 343 g/mol. The van der Waals surface area contributed by atoms with Crippen molar-refractivity contribution < 1.29 is 9.84 Å². The maximum Gasteiger partial charge on any atom is 0.139 e. The lowest BCUT2D eigenvalue weighted by atomic mass is 10.0. The summed E-state index contributed by atoms with van der Waals surface area (Å²) in [5.41, 5.74) is 2.36. The number of nitrogens with zero attached hydrogens (tertiary/aromatic N) is 2. The minimum absolute atomic E-state index is 0.0404. The smallest absolute Gasteiger partial charge is 0.139 e. The third kappa shape index (κ3) is 3.56. The molecule has 0 aliphatic carbocycles. The van der Waals surface area contributed by atoms with Gasteiger partial charge in [0.15, 0.2) is 0 Å². The number of ether oxygens (including phenoxy) is 1. The molecule has 0 atom stereocenters. The second-order valence-corrected chi connectivity index (χ2v) is 6.66. The first-order valence-electron chi connectivity index (χ1n) is 7.96. The number of hydrogen-bond donors (Lipinski definition) is 2. The molecule has 0 unspecified atom stereocenters. The molecule has 126 valence electrons. The topological polar surface area (TPSA) is 67.3 Å². The Kier molecular flexibility index (Phi) is 5.40. The summed E-state index contributed by atoms with van der Waals surface area (Å²) in [6.45, 7) is 5.58. The summed E-state index contributed by atoms with van der Waals surface area (Å²) in [5.74, 6) is 1.59. The Morgan fingerprint density at radius 2 is 1.92 bits per heavy atom. The largest absolute Gasteiger partial charge is 0.394 e. The van der Waals surface area contributed by atoms with Gasteiger partial charge in [-0.15, -0.1) is 11.3 Å². The Morgan fingerprint density at radius 3 is 2.67 bits per heavy atom. The first kappa shape index (κ1) is 16.8. The fourth-order valence-corrected chi connectivity index (χ4v) is 3.80. The molecule has 1 aromatic carbocycles. The lowest BCUT2D eigenvalue weighted by Gasteiger charge is -2.10. The zero-order chi connectivity index (χ0) is 16.9. The van der Waals surface area contributed by atoms with Crippen molar-refractivity contribution in [1.29, 1.82) is 0 Å². The Balaban J connectivity index is 1.98. The molecule has 2 aromatic heterocycles. The predicted molar refractivity (Wildman–Crippen MR) is 98.7 cm³/mol. The van der Waals surface area contributed by atoms with E-state index in [1.165, 1.54) is 16.0 Å². The summed E-state index contributed by atoms with van der Waals surface area (Å²) in [6, 6.07) is 10.3. The van der Waals surface area contributed by atoms with E-state index in [2.05, 4.69) is 34.3 Å². The first-order chi connectivity index (χ1) is 11.7. The average molecular weight is 343 g/mol. The van der Waals surface area contributed by atoms with Gasteiger partial charge in [-0.1, -0.05) is 30.3 Å². The molecule has 0 bridgehead atoms. The fraction of sp³-hybridized carbons (Fsp3) is 0.333. The normalized spacial score (nSPS) is 11.1. The van der Waals surface area contributed by atoms with E-state index in [-0.39, 0.29) is 6.61 Å². The number of anilines is 1. The van der Waals surface area contributed by atoms with Gasteiger partial charge in [0.05, 0.1) is 25.2 Å². The minimum atomic E-state index is 0.0404. The molecule has 6 heteroatoms. The number of aliphatic hydroxyl groups excluding tert-OH is 1. The van der Waals surface area contributed by atoms with Crippen molar-refractivity contribution in [3.8, 4) is 11.1 Å². The second-order valence-electron chi connectivity index (χ2n) is 5.46. The molecule has 5 nitrogen and oxygen atoms in total. The number of thiophene rings is 1. The lowest BCUT2D eigenvalue weighted by Crippen LogP contribution is -2.12. The minimum Gasteiger partial charge on any atom is -0.394 e. The van der Waals surface area contributed by atoms with Crippen LogP contribution in [0.2, 0.25) is 0 Å². The molecular formula is C18H21N3O2S. The van der Waals surface area contributed by atoms with Crippen LogP contribution >= 0.6 is 11.3 Å². The van der Waals surface area contributed by atoms with Crippen LogP contribution in [0.5, 0.6) is 0 Å². The Bertz CT molecular complexity index is 818. The molecule has 2 N–H and O–H groups in total. The van der Waals surface area contributed by atoms with Crippen molar-refractivity contribution in [2.24, 2.45) is 0 Å². The summed E-state index contributed by atoms with van der Waals surface area (Å²) in [5, 5.41) is 13.2. The zero-order valence-electron chi connectivity index (χ0n) is 13.9. The van der Waals surface area contributed by atoms with E-state index in [1.807, 2.05) is 25.1 Å². The highest BCUT2D eigenvalue weighted by Crippen LogP contribution is 2.40. The third-order valence-electron chi connectivity index (χ3n) is 3.68. The van der Waals surface area contributed by atoms with Gasteiger partial charge in [0.1, 0.15) is 16.5 Å². The number of aliphatic hydroxyl groups is 1. The summed E-state index contributed by atoms with van der Waals surface area (Å²) in [4.78, 5) is 11.4. The van der Waals surface area contributed by atoms with E-state index >= 15 is 0 Å². The molecule has 0 radical (unpaired) electrons. The Labute approximate surface area is 145 Å². The summed E-state index contributed by atoms with van der Waals surface area (Å²) in [6.07, 6.45) is 0. The van der Waals surface area contributed by atoms with Gasteiger partial charge in [-0.3, -0.25) is 0 Å². The van der Waals surface area contributed by atoms with E-state index < -0.39 is 0 Å². The molecule has 0 fully saturated rings. The third-order valence-corrected chi connectivity index (χ3v) is 4.68. The standard InChI is InChI=1S/C18H21N3O2S/c1-12-15(14-6-4-3-5-7-14)16-17(19-8-10-23-11-9-22)20-13(2)21-18(16)24-12/h3-7,22H,8-11H2,1-2H3,(H,19,20,21). The summed E-state index contributed by atoms with van der Waals surface area (Å²) >= 11 is 1.69. The zero-order valence-corrected chi connectivity index (χ0v) is 14.7. The predicted octanol–water partition coefficient (Wildman–Crippen LogP) is 3.40. The molecular weight excluding hydrogens is 322 g/mol. The van der Waals surface area contributed by atoms with Crippen LogP contribution in [-0.4, -0.2) is 41.4 Å². The molecule has 3 rings (SSSR count). The Morgan fingerprint density at radius 1 is 1.12 bits per heavy atom. The van der Waals surface area contributed by atoms with Crippen LogP contribution in [0.15, 0.2) is 30.3 Å². The van der Waals surface area contributed by atoms with E-state index in [9.17, 15) is 0 Å². The molecule has 0 saturated carbocycles. The van der Waals surface area contributed by atoms with E-state index in [1.54, 1.807) is 11.3 Å². The highest BCUT2D eigenvalue weighted by atomic mass is 32.1. The molecule has 3 aromatic rings. The van der Waals surface area contributed by atoms with Gasteiger partial charge in [-0.2, -0.15) is 0 Å². The molecule has 2 heterocycles. The second kappa shape index (κ2) is 7.70. The lowest BCUT2D eigenvalue weighted by molar-refractivity contribution is 0.0992. The molecule has 0 amide bonds. The van der Waals surface area contributed by atoms with Crippen molar-refractivity contribution >= 4 is 27.4 Å². The van der Waals surface area contributed by atoms with Crippen LogP contribution in [-0.2, 0) is 4.74 Å². The maximum absolute atomic E-state index is 8.76. The molecule has 0 aliphatic rings. The van der Waals surface area contributed by atoms with Gasteiger partial charge in [-0.05, 0) is 19.4 Å². The maximum atomic E-state index is 8.76. The van der Waals surface area contributed by atoms with Crippen LogP contribution in [0.4, 0.5) is 5.82 Å². The van der Waals surface area contributed by atoms with Crippen molar-refractivity contribution in [3.05, 3.63) is 41.0 Å². The number of rotatable bonds is 7. The molecule has 0 spiro atoms. The van der Waals surface area contributed by atoms with Crippen molar-refractivity contribution in [2.45, 2.75) is 13.8 Å². The summed E-state index contributed by atoms with van der Waals surface area (Å²) < 4.78 is 5.31. The van der Waals surface area contributed by atoms with Crippen LogP contribution in [0, 0.1) is 13.8 Å². The number of hydrogen-bond acceptors (Lipinski definition) is 6. The van der Waals surface area contributed by atoms with Gasteiger partial charge in [0.2, 0.25) is 0 Å². The SMILES string of the molecule is Cc1nc(NCCOCCO)c2c(-c3ccccc3)c(C)sc2n1. The highest BCUT2D eigenvalue weighted by Gasteiger charge is 2.17. The van der Waals surface area contributed by atoms with E-state index in [4.69, 9.17) is 9.84 Å². The van der Waals surface area contributed by atoms with Gasteiger partial charge < -0.3 is 15.2 Å². The molecule has 0 aliphatic heterocycles. The number of benzene rings is 1. The average Bonchev–Trinajstić information content (AvgIpc) is 2.91.